The molecular weight excluding hydrogens is 288 g/mol. The largest absolute Gasteiger partial charge is 0.357 e. The molecule has 1 amide bonds. The number of hydrogen-bond donors (Lipinski definition) is 2. The number of anilines is 1. The van der Waals surface area contributed by atoms with Crippen molar-refractivity contribution in [2.24, 2.45) is 11.7 Å². The van der Waals surface area contributed by atoms with Crippen LogP contribution < -0.4 is 16.0 Å². The fourth-order valence-corrected chi connectivity index (χ4v) is 3.70. The second-order valence-electron chi connectivity index (χ2n) is 6.91. The number of piperidine rings is 1. The standard InChI is InChI=1S/C18H28N4O/c19-16-6-4-5-15(16)12-18(23)21-13-14-7-8-20-17(11-14)22-9-2-1-3-10-22/h7-8,11,15-16H,1-6,9-10,12-13,19H2,(H,21,23)/t15-,16+/m0/s1. The Labute approximate surface area is 138 Å². The van der Waals surface area contributed by atoms with E-state index in [0.29, 0.717) is 18.9 Å². The molecule has 2 heterocycles. The number of nitrogens with one attached hydrogen (secondary N) is 1. The molecule has 1 aromatic rings. The maximum Gasteiger partial charge on any atom is 0.220 e. The molecule has 2 aliphatic rings. The predicted molar refractivity (Wildman–Crippen MR) is 92.1 cm³/mol. The molecular formula is C18H28N4O. The van der Waals surface area contributed by atoms with Crippen molar-refractivity contribution in [1.29, 1.82) is 0 Å². The summed E-state index contributed by atoms with van der Waals surface area (Å²) in [4.78, 5) is 18.9. The molecule has 1 aliphatic heterocycles. The van der Waals surface area contributed by atoms with Crippen LogP contribution >= 0.6 is 0 Å². The van der Waals surface area contributed by atoms with Gasteiger partial charge < -0.3 is 16.0 Å². The van der Waals surface area contributed by atoms with Gasteiger partial charge in [-0.1, -0.05) is 6.42 Å². The van der Waals surface area contributed by atoms with Gasteiger partial charge in [-0.25, -0.2) is 4.98 Å². The van der Waals surface area contributed by atoms with Gasteiger partial charge in [0, 0.05) is 38.3 Å². The lowest BCUT2D eigenvalue weighted by Crippen LogP contribution is -2.32. The molecule has 0 unspecified atom stereocenters. The van der Waals surface area contributed by atoms with Gasteiger partial charge in [-0.15, -0.1) is 0 Å². The summed E-state index contributed by atoms with van der Waals surface area (Å²) in [6, 6.07) is 4.29. The third-order valence-electron chi connectivity index (χ3n) is 5.15. The highest BCUT2D eigenvalue weighted by atomic mass is 16.1. The Morgan fingerprint density at radius 1 is 1.26 bits per heavy atom. The summed E-state index contributed by atoms with van der Waals surface area (Å²) < 4.78 is 0. The first-order valence-electron chi connectivity index (χ1n) is 8.94. The van der Waals surface area contributed by atoms with Gasteiger partial charge >= 0.3 is 0 Å². The summed E-state index contributed by atoms with van der Waals surface area (Å²) >= 11 is 0. The average molecular weight is 316 g/mol. The van der Waals surface area contributed by atoms with Gasteiger partial charge in [0.15, 0.2) is 0 Å². The lowest BCUT2D eigenvalue weighted by molar-refractivity contribution is -0.122. The molecule has 5 heteroatoms. The third-order valence-corrected chi connectivity index (χ3v) is 5.15. The number of pyridine rings is 1. The fraction of sp³-hybridized carbons (Fsp3) is 0.667. The lowest BCUT2D eigenvalue weighted by Gasteiger charge is -2.28. The zero-order valence-electron chi connectivity index (χ0n) is 13.8. The minimum Gasteiger partial charge on any atom is -0.357 e. The molecule has 0 aromatic carbocycles. The SMILES string of the molecule is N[C@@H]1CCC[C@H]1CC(=O)NCc1ccnc(N2CCCCC2)c1. The average Bonchev–Trinajstić information content (AvgIpc) is 2.99. The molecule has 1 saturated heterocycles. The van der Waals surface area contributed by atoms with E-state index in [1.165, 1.54) is 19.3 Å². The van der Waals surface area contributed by atoms with Gasteiger partial charge in [0.05, 0.1) is 0 Å². The van der Waals surface area contributed by atoms with Crippen LogP contribution in [0.2, 0.25) is 0 Å². The first-order chi connectivity index (χ1) is 11.2. The first-order valence-corrected chi connectivity index (χ1v) is 8.94. The molecule has 2 atom stereocenters. The third kappa shape index (κ3) is 4.44. The van der Waals surface area contributed by atoms with Crippen molar-refractivity contribution in [2.45, 2.75) is 57.5 Å². The zero-order valence-corrected chi connectivity index (χ0v) is 13.8. The highest BCUT2D eigenvalue weighted by Crippen LogP contribution is 2.26. The Kier molecular flexibility index (Phi) is 5.49. The molecule has 3 rings (SSSR count). The van der Waals surface area contributed by atoms with Crippen molar-refractivity contribution < 1.29 is 4.79 Å². The number of carbonyl (C=O) groups is 1. The first kappa shape index (κ1) is 16.2. The summed E-state index contributed by atoms with van der Waals surface area (Å²) in [7, 11) is 0. The predicted octanol–water partition coefficient (Wildman–Crippen LogP) is 2.21. The van der Waals surface area contributed by atoms with Crippen LogP contribution in [-0.2, 0) is 11.3 Å². The molecule has 1 aromatic heterocycles. The fourth-order valence-electron chi connectivity index (χ4n) is 3.70. The van der Waals surface area contributed by atoms with Crippen LogP contribution in [0.4, 0.5) is 5.82 Å². The Morgan fingerprint density at radius 3 is 2.83 bits per heavy atom. The maximum absolute atomic E-state index is 12.1. The topological polar surface area (TPSA) is 71.2 Å². The van der Waals surface area contributed by atoms with E-state index in [4.69, 9.17) is 5.73 Å². The van der Waals surface area contributed by atoms with E-state index < -0.39 is 0 Å². The normalized spacial score (nSPS) is 24.7. The second kappa shape index (κ2) is 7.77. The van der Waals surface area contributed by atoms with E-state index >= 15 is 0 Å². The molecule has 0 spiro atoms. The summed E-state index contributed by atoms with van der Waals surface area (Å²) in [5, 5.41) is 3.04. The van der Waals surface area contributed by atoms with Crippen LogP contribution in [0.3, 0.4) is 0 Å². The maximum atomic E-state index is 12.1. The van der Waals surface area contributed by atoms with E-state index in [0.717, 1.165) is 43.7 Å². The summed E-state index contributed by atoms with van der Waals surface area (Å²) in [5.41, 5.74) is 7.16. The Hall–Kier alpha value is -1.62. The number of hydrogen-bond acceptors (Lipinski definition) is 4. The Balaban J connectivity index is 1.50. The minimum atomic E-state index is 0.115. The summed E-state index contributed by atoms with van der Waals surface area (Å²) in [6.45, 7) is 2.74. The van der Waals surface area contributed by atoms with Gasteiger partial charge in [-0.05, 0) is 55.7 Å². The monoisotopic (exact) mass is 316 g/mol. The van der Waals surface area contributed by atoms with E-state index in [1.54, 1.807) is 0 Å². The van der Waals surface area contributed by atoms with E-state index in [-0.39, 0.29) is 11.9 Å². The van der Waals surface area contributed by atoms with Crippen molar-refractivity contribution in [1.82, 2.24) is 10.3 Å². The number of aromatic nitrogens is 1. The van der Waals surface area contributed by atoms with Gasteiger partial charge in [-0.3, -0.25) is 4.79 Å². The van der Waals surface area contributed by atoms with Gasteiger partial charge in [-0.2, -0.15) is 0 Å². The molecule has 0 bridgehead atoms. The molecule has 2 fully saturated rings. The van der Waals surface area contributed by atoms with Crippen molar-refractivity contribution in [3.63, 3.8) is 0 Å². The molecule has 3 N–H and O–H groups in total. The van der Waals surface area contributed by atoms with Crippen LogP contribution in [0.5, 0.6) is 0 Å². The Bertz CT molecular complexity index is 528. The van der Waals surface area contributed by atoms with E-state index in [1.807, 2.05) is 12.3 Å². The second-order valence-corrected chi connectivity index (χ2v) is 6.91. The number of amides is 1. The van der Waals surface area contributed by atoms with Gasteiger partial charge in [0.25, 0.3) is 0 Å². The molecule has 1 saturated carbocycles. The van der Waals surface area contributed by atoms with Crippen molar-refractivity contribution in [2.75, 3.05) is 18.0 Å². The number of carbonyl (C=O) groups excluding carboxylic acids is 1. The van der Waals surface area contributed by atoms with Crippen LogP contribution in [0.1, 0.15) is 50.5 Å². The Morgan fingerprint density at radius 2 is 2.09 bits per heavy atom. The molecule has 1 aliphatic carbocycles. The summed E-state index contributed by atoms with van der Waals surface area (Å²) in [5.74, 6) is 1.51. The zero-order chi connectivity index (χ0) is 16.1. The van der Waals surface area contributed by atoms with Crippen molar-refractivity contribution in [3.8, 4) is 0 Å². The summed E-state index contributed by atoms with van der Waals surface area (Å²) in [6.07, 6.45) is 9.50. The molecule has 5 nitrogen and oxygen atoms in total. The molecule has 23 heavy (non-hydrogen) atoms. The minimum absolute atomic E-state index is 0.115. The lowest BCUT2D eigenvalue weighted by atomic mass is 10.00. The smallest absolute Gasteiger partial charge is 0.220 e. The van der Waals surface area contributed by atoms with Gasteiger partial charge in [0.2, 0.25) is 5.91 Å². The molecule has 0 radical (unpaired) electrons. The molecule has 126 valence electrons. The quantitative estimate of drug-likeness (QED) is 0.873. The van der Waals surface area contributed by atoms with Gasteiger partial charge in [0.1, 0.15) is 5.82 Å². The van der Waals surface area contributed by atoms with E-state index in [9.17, 15) is 4.79 Å². The number of rotatable bonds is 5. The van der Waals surface area contributed by atoms with E-state index in [2.05, 4.69) is 21.3 Å². The number of nitrogens with zero attached hydrogens (tertiary/aromatic N) is 2. The highest BCUT2D eigenvalue weighted by Gasteiger charge is 2.25. The van der Waals surface area contributed by atoms with Crippen LogP contribution in [0.15, 0.2) is 18.3 Å². The van der Waals surface area contributed by atoms with Crippen LogP contribution in [-0.4, -0.2) is 30.0 Å². The van der Waals surface area contributed by atoms with Crippen LogP contribution in [0.25, 0.3) is 0 Å². The van der Waals surface area contributed by atoms with Crippen molar-refractivity contribution >= 4 is 11.7 Å². The highest BCUT2D eigenvalue weighted by molar-refractivity contribution is 5.76. The van der Waals surface area contributed by atoms with Crippen molar-refractivity contribution in [3.05, 3.63) is 23.9 Å². The van der Waals surface area contributed by atoms with Crippen LogP contribution in [0, 0.1) is 5.92 Å². The number of nitrogens with two attached hydrogens (primary N) is 1.